The Hall–Kier alpha value is -2.35. The normalized spacial score (nSPS) is 10.2. The highest BCUT2D eigenvalue weighted by molar-refractivity contribution is 7.99. The molecule has 0 aliphatic rings. The number of nitrogens with one attached hydrogen (secondary N) is 2. The lowest BCUT2D eigenvalue weighted by Crippen LogP contribution is -2.17. The number of esters is 1. The van der Waals surface area contributed by atoms with Gasteiger partial charge in [0.05, 0.1) is 18.2 Å². The number of amides is 1. The summed E-state index contributed by atoms with van der Waals surface area (Å²) in [5.41, 5.74) is 0.408. The van der Waals surface area contributed by atoms with Gasteiger partial charge in [0.2, 0.25) is 11.1 Å². The van der Waals surface area contributed by atoms with Crippen molar-refractivity contribution in [2.24, 2.45) is 0 Å². The molecule has 0 aliphatic heterocycles. The summed E-state index contributed by atoms with van der Waals surface area (Å²) in [6, 6.07) is 6.40. The van der Waals surface area contributed by atoms with E-state index in [9.17, 15) is 9.59 Å². The molecule has 0 saturated heterocycles. The van der Waals surface area contributed by atoms with Gasteiger partial charge in [-0.15, -0.1) is 5.10 Å². The Morgan fingerprint density at radius 3 is 2.71 bits per heavy atom. The average molecular weight is 306 g/mol. The zero-order valence-corrected chi connectivity index (χ0v) is 12.4. The van der Waals surface area contributed by atoms with Crippen LogP contribution >= 0.6 is 11.8 Å². The number of thioether (sulfide) groups is 1. The summed E-state index contributed by atoms with van der Waals surface area (Å²) in [5, 5.41) is 9.69. The Kier molecular flexibility index (Phi) is 4.94. The minimum atomic E-state index is -0.569. The molecule has 2 N–H and O–H groups in total. The molecule has 0 aliphatic carbocycles. The monoisotopic (exact) mass is 306 g/mol. The smallest absolute Gasteiger partial charge is 0.338 e. The Morgan fingerprint density at radius 2 is 2.05 bits per heavy atom. The van der Waals surface area contributed by atoms with E-state index >= 15 is 0 Å². The van der Waals surface area contributed by atoms with Gasteiger partial charge in [-0.2, -0.15) is 4.98 Å². The van der Waals surface area contributed by atoms with Gasteiger partial charge in [-0.25, -0.2) is 9.89 Å². The third-order valence-electron chi connectivity index (χ3n) is 2.55. The van der Waals surface area contributed by atoms with E-state index in [1.807, 2.05) is 6.92 Å². The van der Waals surface area contributed by atoms with Crippen molar-refractivity contribution in [3.8, 4) is 0 Å². The van der Waals surface area contributed by atoms with Crippen LogP contribution in [0.15, 0.2) is 29.4 Å². The van der Waals surface area contributed by atoms with Gasteiger partial charge in [-0.05, 0) is 17.9 Å². The first-order chi connectivity index (χ1) is 10.2. The number of carbonyl (C=O) groups excluding carboxylic acids is 2. The molecule has 0 radical (unpaired) electrons. The maximum absolute atomic E-state index is 12.2. The van der Waals surface area contributed by atoms with Crippen molar-refractivity contribution in [1.82, 2.24) is 15.2 Å². The molecule has 0 fully saturated rings. The van der Waals surface area contributed by atoms with E-state index in [0.29, 0.717) is 5.16 Å². The number of hydrogen-bond acceptors (Lipinski definition) is 6. The minimum absolute atomic E-state index is 0.195. The van der Waals surface area contributed by atoms with E-state index in [0.717, 1.165) is 5.75 Å². The molecule has 2 rings (SSSR count). The maximum Gasteiger partial charge on any atom is 0.338 e. The van der Waals surface area contributed by atoms with Crippen molar-refractivity contribution in [1.29, 1.82) is 0 Å². The van der Waals surface area contributed by atoms with Crippen LogP contribution in [0.1, 0.15) is 27.6 Å². The number of aromatic nitrogens is 3. The number of rotatable bonds is 5. The van der Waals surface area contributed by atoms with Gasteiger partial charge in [0, 0.05) is 0 Å². The molecule has 1 amide bonds. The summed E-state index contributed by atoms with van der Waals surface area (Å²) < 4.78 is 4.66. The molecule has 2 aromatic rings. The van der Waals surface area contributed by atoms with Crippen LogP contribution in [0, 0.1) is 0 Å². The quantitative estimate of drug-likeness (QED) is 0.647. The lowest BCUT2D eigenvalue weighted by atomic mass is 10.1. The second kappa shape index (κ2) is 6.89. The zero-order valence-electron chi connectivity index (χ0n) is 11.5. The molecule has 1 aromatic carbocycles. The fourth-order valence-corrected chi connectivity index (χ4v) is 2.16. The molecular weight excluding hydrogens is 292 g/mol. The van der Waals surface area contributed by atoms with Gasteiger partial charge >= 0.3 is 5.97 Å². The molecule has 7 nitrogen and oxygen atoms in total. The topological polar surface area (TPSA) is 97.0 Å². The first kappa shape index (κ1) is 15.0. The van der Waals surface area contributed by atoms with Crippen LogP contribution in [-0.4, -0.2) is 39.9 Å². The first-order valence-electron chi connectivity index (χ1n) is 6.19. The van der Waals surface area contributed by atoms with Crippen LogP contribution < -0.4 is 5.32 Å². The van der Waals surface area contributed by atoms with Crippen LogP contribution in [0.3, 0.4) is 0 Å². The number of anilines is 1. The lowest BCUT2D eigenvalue weighted by Gasteiger charge is -2.06. The molecule has 8 heteroatoms. The van der Waals surface area contributed by atoms with Gasteiger partial charge in [-0.3, -0.25) is 10.1 Å². The standard InChI is InChI=1S/C13H14N4O3S/c1-3-21-13-15-12(16-17-13)14-10(18)8-6-4-5-7-9(8)11(19)20-2/h4-7H,3H2,1-2H3,(H2,14,15,16,17,18). The number of nitrogens with zero attached hydrogens (tertiary/aromatic N) is 2. The molecule has 1 heterocycles. The van der Waals surface area contributed by atoms with Crippen LogP contribution in [-0.2, 0) is 4.74 Å². The number of aromatic amines is 1. The van der Waals surface area contributed by atoms with E-state index in [2.05, 4.69) is 25.2 Å². The van der Waals surface area contributed by atoms with E-state index in [4.69, 9.17) is 0 Å². The third kappa shape index (κ3) is 3.60. The average Bonchev–Trinajstić information content (AvgIpc) is 2.94. The number of hydrogen-bond donors (Lipinski definition) is 2. The maximum atomic E-state index is 12.2. The summed E-state index contributed by atoms with van der Waals surface area (Å²) in [6.45, 7) is 1.98. The second-order valence-electron chi connectivity index (χ2n) is 3.89. The Morgan fingerprint density at radius 1 is 1.33 bits per heavy atom. The van der Waals surface area contributed by atoms with Gasteiger partial charge < -0.3 is 4.74 Å². The molecule has 0 unspecified atom stereocenters. The molecule has 21 heavy (non-hydrogen) atoms. The van der Waals surface area contributed by atoms with E-state index in [1.165, 1.54) is 24.9 Å². The number of carbonyl (C=O) groups is 2. The first-order valence-corrected chi connectivity index (χ1v) is 7.18. The Balaban J connectivity index is 2.18. The number of benzene rings is 1. The fourth-order valence-electron chi connectivity index (χ4n) is 1.64. The van der Waals surface area contributed by atoms with Crippen LogP contribution in [0.25, 0.3) is 0 Å². The summed E-state index contributed by atoms with van der Waals surface area (Å²) in [6.07, 6.45) is 0. The van der Waals surface area contributed by atoms with Gasteiger partial charge in [0.15, 0.2) is 0 Å². The Labute approximate surface area is 125 Å². The fraction of sp³-hybridized carbons (Fsp3) is 0.231. The van der Waals surface area contributed by atoms with E-state index in [-0.39, 0.29) is 17.1 Å². The largest absolute Gasteiger partial charge is 0.465 e. The molecule has 0 bridgehead atoms. The molecule has 1 aromatic heterocycles. The molecule has 0 saturated carbocycles. The van der Waals surface area contributed by atoms with Crippen LogP contribution in [0.4, 0.5) is 5.95 Å². The van der Waals surface area contributed by atoms with Crippen molar-refractivity contribution < 1.29 is 14.3 Å². The molecule has 0 spiro atoms. The summed E-state index contributed by atoms with van der Waals surface area (Å²) in [5.74, 6) is 0.0347. The molecular formula is C13H14N4O3S. The van der Waals surface area contributed by atoms with Crippen LogP contribution in [0.2, 0.25) is 0 Å². The molecule has 110 valence electrons. The van der Waals surface area contributed by atoms with Crippen molar-refractivity contribution in [2.45, 2.75) is 12.1 Å². The number of methoxy groups -OCH3 is 1. The van der Waals surface area contributed by atoms with Gasteiger partial charge in [0.25, 0.3) is 5.91 Å². The summed E-state index contributed by atoms with van der Waals surface area (Å²) >= 11 is 1.45. The van der Waals surface area contributed by atoms with E-state index < -0.39 is 11.9 Å². The van der Waals surface area contributed by atoms with Crippen molar-refractivity contribution in [3.63, 3.8) is 0 Å². The van der Waals surface area contributed by atoms with E-state index in [1.54, 1.807) is 18.2 Å². The van der Waals surface area contributed by atoms with Gasteiger partial charge in [-0.1, -0.05) is 30.8 Å². The van der Waals surface area contributed by atoms with Crippen molar-refractivity contribution in [3.05, 3.63) is 35.4 Å². The predicted octanol–water partition coefficient (Wildman–Crippen LogP) is 1.96. The summed E-state index contributed by atoms with van der Waals surface area (Å²) in [7, 11) is 1.27. The Bertz CT molecular complexity index is 656. The highest BCUT2D eigenvalue weighted by Gasteiger charge is 2.18. The highest BCUT2D eigenvalue weighted by Crippen LogP contribution is 2.15. The predicted molar refractivity (Wildman–Crippen MR) is 78.5 cm³/mol. The SMILES string of the molecule is CCSc1n[nH]c(NC(=O)c2ccccc2C(=O)OC)n1. The number of ether oxygens (including phenoxy) is 1. The summed E-state index contributed by atoms with van der Waals surface area (Å²) in [4.78, 5) is 28.0. The minimum Gasteiger partial charge on any atom is -0.465 e. The lowest BCUT2D eigenvalue weighted by molar-refractivity contribution is 0.0597. The van der Waals surface area contributed by atoms with Crippen molar-refractivity contribution in [2.75, 3.05) is 18.2 Å². The third-order valence-corrected chi connectivity index (χ3v) is 3.28. The highest BCUT2D eigenvalue weighted by atomic mass is 32.2. The van der Waals surface area contributed by atoms with Crippen molar-refractivity contribution >= 4 is 29.6 Å². The second-order valence-corrected chi connectivity index (χ2v) is 5.12. The molecule has 0 atom stereocenters. The number of H-pyrrole nitrogens is 1. The zero-order chi connectivity index (χ0) is 15.2. The van der Waals surface area contributed by atoms with Crippen LogP contribution in [0.5, 0.6) is 0 Å². The van der Waals surface area contributed by atoms with Gasteiger partial charge in [0.1, 0.15) is 0 Å².